The Kier molecular flexibility index (Phi) is 5.99. The van der Waals surface area contributed by atoms with E-state index in [0.29, 0.717) is 18.3 Å². The molecule has 0 unspecified atom stereocenters. The largest absolute Gasteiger partial charge is 0.336 e. The second kappa shape index (κ2) is 8.00. The highest BCUT2D eigenvalue weighted by atomic mass is 19.1. The number of quaternary nitrogens is 1. The van der Waals surface area contributed by atoms with E-state index in [9.17, 15) is 9.18 Å². The van der Waals surface area contributed by atoms with E-state index in [1.165, 1.54) is 57.1 Å². The van der Waals surface area contributed by atoms with E-state index in [0.717, 1.165) is 0 Å². The Hall–Kier alpha value is -1.42. The fourth-order valence-corrected chi connectivity index (χ4v) is 2.74. The molecule has 20 heavy (non-hydrogen) atoms. The van der Waals surface area contributed by atoms with Crippen molar-refractivity contribution < 1.29 is 14.5 Å². The molecule has 3 N–H and O–H groups in total. The molecular weight excluding hydrogens is 255 g/mol. The van der Waals surface area contributed by atoms with Crippen molar-refractivity contribution in [3.63, 3.8) is 0 Å². The van der Waals surface area contributed by atoms with Gasteiger partial charge >= 0.3 is 0 Å². The Morgan fingerprint density at radius 1 is 1.10 bits per heavy atom. The van der Waals surface area contributed by atoms with Crippen LogP contribution in [0.5, 0.6) is 0 Å². The summed E-state index contributed by atoms with van der Waals surface area (Å²) in [6.45, 7) is 0.446. The molecule has 1 aliphatic rings. The maximum Gasteiger partial charge on any atom is 0.279 e. The summed E-state index contributed by atoms with van der Waals surface area (Å²) < 4.78 is 12.8. The first-order valence-electron chi connectivity index (χ1n) is 7.63. The number of hydrogen-bond donors (Lipinski definition) is 2. The third kappa shape index (κ3) is 5.29. The van der Waals surface area contributed by atoms with Gasteiger partial charge < -0.3 is 10.6 Å². The third-order valence-corrected chi connectivity index (χ3v) is 3.91. The van der Waals surface area contributed by atoms with Crippen molar-refractivity contribution in [2.75, 3.05) is 11.9 Å². The normalized spacial score (nSPS) is 17.2. The highest BCUT2D eigenvalue weighted by Crippen LogP contribution is 2.15. The number of halogens is 1. The first-order valence-corrected chi connectivity index (χ1v) is 7.63. The van der Waals surface area contributed by atoms with Gasteiger partial charge in [-0.3, -0.25) is 4.79 Å². The topological polar surface area (TPSA) is 45.7 Å². The Morgan fingerprint density at radius 2 is 1.70 bits per heavy atom. The number of benzene rings is 1. The number of rotatable bonds is 4. The van der Waals surface area contributed by atoms with Gasteiger partial charge in [-0.25, -0.2) is 4.39 Å². The van der Waals surface area contributed by atoms with Crippen LogP contribution in [0, 0.1) is 5.82 Å². The van der Waals surface area contributed by atoms with Gasteiger partial charge in [-0.05, 0) is 49.9 Å². The summed E-state index contributed by atoms with van der Waals surface area (Å²) in [7, 11) is 0. The molecule has 1 amide bonds. The van der Waals surface area contributed by atoms with Gasteiger partial charge in [0.25, 0.3) is 5.91 Å². The number of amides is 1. The summed E-state index contributed by atoms with van der Waals surface area (Å²) in [4.78, 5) is 11.9. The van der Waals surface area contributed by atoms with Gasteiger partial charge in [0, 0.05) is 5.69 Å². The summed E-state index contributed by atoms with van der Waals surface area (Å²) in [5, 5.41) is 4.96. The number of anilines is 1. The predicted octanol–water partition coefficient (Wildman–Crippen LogP) is 2.44. The van der Waals surface area contributed by atoms with E-state index in [4.69, 9.17) is 0 Å². The molecule has 1 aromatic carbocycles. The minimum absolute atomic E-state index is 0.0151. The Bertz CT molecular complexity index is 411. The fraction of sp³-hybridized carbons (Fsp3) is 0.562. The third-order valence-electron chi connectivity index (χ3n) is 3.91. The summed E-state index contributed by atoms with van der Waals surface area (Å²) >= 11 is 0. The van der Waals surface area contributed by atoms with Crippen LogP contribution in [0.25, 0.3) is 0 Å². The smallest absolute Gasteiger partial charge is 0.279 e. The van der Waals surface area contributed by atoms with Crippen molar-refractivity contribution in [1.82, 2.24) is 0 Å². The maximum absolute atomic E-state index is 12.8. The predicted molar refractivity (Wildman–Crippen MR) is 77.9 cm³/mol. The van der Waals surface area contributed by atoms with Gasteiger partial charge in [0.1, 0.15) is 5.82 Å². The van der Waals surface area contributed by atoms with Crippen LogP contribution in [-0.4, -0.2) is 18.5 Å². The molecule has 0 aliphatic heterocycles. The van der Waals surface area contributed by atoms with Gasteiger partial charge in [0.05, 0.1) is 6.04 Å². The summed E-state index contributed by atoms with van der Waals surface area (Å²) in [5.74, 6) is -0.303. The molecule has 1 aromatic rings. The standard InChI is InChI=1S/C16H23FN2O/c17-13-8-10-15(11-9-13)19-16(20)12-18-14-6-4-2-1-3-5-7-14/h8-11,14,18H,1-7,12H2,(H,19,20)/p+1. The molecule has 4 heteroatoms. The van der Waals surface area contributed by atoms with Gasteiger partial charge in [0.15, 0.2) is 6.54 Å². The zero-order valence-electron chi connectivity index (χ0n) is 11.9. The average Bonchev–Trinajstić information content (AvgIpc) is 2.40. The van der Waals surface area contributed by atoms with Crippen LogP contribution < -0.4 is 10.6 Å². The first kappa shape index (κ1) is 15.0. The lowest BCUT2D eigenvalue weighted by Crippen LogP contribution is -2.91. The van der Waals surface area contributed by atoms with Crippen LogP contribution in [0.1, 0.15) is 44.9 Å². The molecule has 0 radical (unpaired) electrons. The number of carbonyl (C=O) groups excluding carboxylic acids is 1. The van der Waals surface area contributed by atoms with Gasteiger partial charge in [-0.2, -0.15) is 0 Å². The minimum Gasteiger partial charge on any atom is -0.336 e. The minimum atomic E-state index is -0.288. The van der Waals surface area contributed by atoms with Crippen molar-refractivity contribution in [1.29, 1.82) is 0 Å². The highest BCUT2D eigenvalue weighted by molar-refractivity contribution is 5.91. The molecular formula is C16H24FN2O+. The Balaban J connectivity index is 1.72. The van der Waals surface area contributed by atoms with Crippen LogP contribution in [0.3, 0.4) is 0 Å². The summed E-state index contributed by atoms with van der Waals surface area (Å²) in [6, 6.07) is 6.46. The quantitative estimate of drug-likeness (QED) is 0.873. The first-order chi connectivity index (χ1) is 9.74. The lowest BCUT2D eigenvalue weighted by Gasteiger charge is -2.18. The molecule has 1 aliphatic carbocycles. The lowest BCUT2D eigenvalue weighted by atomic mass is 9.97. The Labute approximate surface area is 120 Å². The summed E-state index contributed by atoms with van der Waals surface area (Å²) in [6.07, 6.45) is 8.99. The molecule has 0 saturated heterocycles. The maximum atomic E-state index is 12.8. The van der Waals surface area contributed by atoms with Crippen molar-refractivity contribution >= 4 is 11.6 Å². The van der Waals surface area contributed by atoms with Crippen molar-refractivity contribution in [2.45, 2.75) is 51.0 Å². The van der Waals surface area contributed by atoms with Crippen LogP contribution in [-0.2, 0) is 4.79 Å². The number of carbonyl (C=O) groups is 1. The van der Waals surface area contributed by atoms with Crippen molar-refractivity contribution in [2.24, 2.45) is 0 Å². The van der Waals surface area contributed by atoms with E-state index in [-0.39, 0.29) is 11.7 Å². The summed E-state index contributed by atoms with van der Waals surface area (Å²) in [5.41, 5.74) is 0.655. The van der Waals surface area contributed by atoms with Gasteiger partial charge in [-0.1, -0.05) is 19.3 Å². The molecule has 3 nitrogen and oxygen atoms in total. The second-order valence-electron chi connectivity index (χ2n) is 5.60. The van der Waals surface area contributed by atoms with Crippen LogP contribution >= 0.6 is 0 Å². The molecule has 2 rings (SSSR count). The van der Waals surface area contributed by atoms with Crippen LogP contribution in [0.2, 0.25) is 0 Å². The van der Waals surface area contributed by atoms with E-state index in [2.05, 4.69) is 10.6 Å². The molecule has 0 heterocycles. The number of nitrogens with one attached hydrogen (secondary N) is 1. The monoisotopic (exact) mass is 279 g/mol. The van der Waals surface area contributed by atoms with E-state index in [1.54, 1.807) is 12.1 Å². The molecule has 0 bridgehead atoms. The van der Waals surface area contributed by atoms with Crippen LogP contribution in [0.4, 0.5) is 10.1 Å². The zero-order valence-corrected chi connectivity index (χ0v) is 11.9. The van der Waals surface area contributed by atoms with Gasteiger partial charge in [-0.15, -0.1) is 0 Å². The highest BCUT2D eigenvalue weighted by Gasteiger charge is 2.15. The number of hydrogen-bond acceptors (Lipinski definition) is 1. The van der Waals surface area contributed by atoms with E-state index in [1.807, 2.05) is 0 Å². The fourth-order valence-electron chi connectivity index (χ4n) is 2.74. The second-order valence-corrected chi connectivity index (χ2v) is 5.60. The van der Waals surface area contributed by atoms with Crippen LogP contribution in [0.15, 0.2) is 24.3 Å². The van der Waals surface area contributed by atoms with E-state index >= 15 is 0 Å². The molecule has 0 aromatic heterocycles. The van der Waals surface area contributed by atoms with E-state index < -0.39 is 0 Å². The number of nitrogens with two attached hydrogens (primary N) is 1. The Morgan fingerprint density at radius 3 is 2.35 bits per heavy atom. The molecule has 110 valence electrons. The lowest BCUT2D eigenvalue weighted by molar-refractivity contribution is -0.680. The molecule has 0 atom stereocenters. The zero-order chi connectivity index (χ0) is 14.2. The van der Waals surface area contributed by atoms with Gasteiger partial charge in [0.2, 0.25) is 0 Å². The molecule has 1 fully saturated rings. The molecule has 0 spiro atoms. The molecule has 1 saturated carbocycles. The van der Waals surface area contributed by atoms with Crippen molar-refractivity contribution in [3.8, 4) is 0 Å². The van der Waals surface area contributed by atoms with Crippen molar-refractivity contribution in [3.05, 3.63) is 30.1 Å². The average molecular weight is 279 g/mol. The SMILES string of the molecule is O=C(C[NH2+]C1CCCCCCC1)Nc1ccc(F)cc1.